The molecule has 0 bridgehead atoms. The van der Waals surface area contributed by atoms with E-state index in [1.54, 1.807) is 11.0 Å². The average molecular weight is 317 g/mol. The van der Waals surface area contributed by atoms with E-state index in [1.165, 1.54) is 0 Å². The Labute approximate surface area is 138 Å². The summed E-state index contributed by atoms with van der Waals surface area (Å²) >= 11 is 0. The Morgan fingerprint density at radius 2 is 2.09 bits per heavy atom. The molecule has 5 nitrogen and oxygen atoms in total. The van der Waals surface area contributed by atoms with Crippen LogP contribution in [0.5, 0.6) is 0 Å². The molecule has 2 unspecified atom stereocenters. The van der Waals surface area contributed by atoms with Crippen molar-refractivity contribution in [3.63, 3.8) is 0 Å². The summed E-state index contributed by atoms with van der Waals surface area (Å²) in [5, 5.41) is 6.18. The van der Waals surface area contributed by atoms with Crippen molar-refractivity contribution in [2.75, 3.05) is 20.1 Å². The summed E-state index contributed by atoms with van der Waals surface area (Å²) in [4.78, 5) is 27.0. The van der Waals surface area contributed by atoms with Gasteiger partial charge < -0.3 is 15.5 Å². The van der Waals surface area contributed by atoms with Crippen molar-refractivity contribution in [3.8, 4) is 0 Å². The molecule has 1 aliphatic heterocycles. The van der Waals surface area contributed by atoms with Gasteiger partial charge in [0.15, 0.2) is 0 Å². The molecule has 5 heteroatoms. The normalized spacial score (nSPS) is 18.7. The van der Waals surface area contributed by atoms with E-state index >= 15 is 0 Å². The van der Waals surface area contributed by atoms with Gasteiger partial charge in [-0.25, -0.2) is 0 Å². The monoisotopic (exact) mass is 317 g/mol. The summed E-state index contributed by atoms with van der Waals surface area (Å²) in [6.45, 7) is 7.62. The lowest BCUT2D eigenvalue weighted by Crippen LogP contribution is -2.53. The minimum absolute atomic E-state index is 0.0188. The maximum Gasteiger partial charge on any atom is 0.251 e. The average Bonchev–Trinajstić information content (AvgIpc) is 3.05. The van der Waals surface area contributed by atoms with E-state index in [0.717, 1.165) is 25.1 Å². The lowest BCUT2D eigenvalue weighted by molar-refractivity contribution is -0.134. The van der Waals surface area contributed by atoms with Crippen LogP contribution < -0.4 is 10.6 Å². The smallest absolute Gasteiger partial charge is 0.251 e. The number of carbonyl (C=O) groups is 2. The first-order valence-corrected chi connectivity index (χ1v) is 8.25. The highest BCUT2D eigenvalue weighted by atomic mass is 16.2. The standard InChI is InChI=1S/C18H27N3O2/c1-12(2)16(18(23)21(4)15-8-9-19-11-15)20-17(22)14-7-5-6-13(3)10-14/h5-7,10,12,15-16,19H,8-9,11H2,1-4H3,(H,20,22). The van der Waals surface area contributed by atoms with Crippen molar-refractivity contribution in [2.24, 2.45) is 5.92 Å². The summed E-state index contributed by atoms with van der Waals surface area (Å²) < 4.78 is 0. The molecule has 126 valence electrons. The second-order valence-corrected chi connectivity index (χ2v) is 6.66. The molecule has 1 heterocycles. The van der Waals surface area contributed by atoms with E-state index in [0.29, 0.717) is 5.56 Å². The van der Waals surface area contributed by atoms with E-state index in [1.807, 2.05) is 46.0 Å². The van der Waals surface area contributed by atoms with Crippen LogP contribution in [0.1, 0.15) is 36.2 Å². The van der Waals surface area contributed by atoms with Crippen molar-refractivity contribution in [2.45, 2.75) is 39.3 Å². The molecule has 2 N–H and O–H groups in total. The first-order chi connectivity index (χ1) is 10.9. The third kappa shape index (κ3) is 4.32. The zero-order valence-electron chi connectivity index (χ0n) is 14.4. The Morgan fingerprint density at radius 1 is 1.35 bits per heavy atom. The number of benzene rings is 1. The molecule has 0 spiro atoms. The number of aryl methyl sites for hydroxylation is 1. The molecular weight excluding hydrogens is 290 g/mol. The van der Waals surface area contributed by atoms with E-state index in [-0.39, 0.29) is 23.8 Å². The molecule has 1 saturated heterocycles. The number of hydrogen-bond donors (Lipinski definition) is 2. The zero-order valence-corrected chi connectivity index (χ0v) is 14.4. The van der Waals surface area contributed by atoms with Crippen molar-refractivity contribution in [1.29, 1.82) is 0 Å². The van der Waals surface area contributed by atoms with E-state index in [4.69, 9.17) is 0 Å². The van der Waals surface area contributed by atoms with Gasteiger partial charge in [-0.05, 0) is 37.9 Å². The number of hydrogen-bond acceptors (Lipinski definition) is 3. The molecule has 0 radical (unpaired) electrons. The largest absolute Gasteiger partial charge is 0.340 e. The predicted octanol–water partition coefficient (Wildman–Crippen LogP) is 1.57. The van der Waals surface area contributed by atoms with Gasteiger partial charge in [-0.15, -0.1) is 0 Å². The van der Waals surface area contributed by atoms with Gasteiger partial charge in [-0.1, -0.05) is 31.5 Å². The number of nitrogens with one attached hydrogen (secondary N) is 2. The molecular formula is C18H27N3O2. The SMILES string of the molecule is Cc1cccc(C(=O)NC(C(=O)N(C)C2CCNC2)C(C)C)c1. The molecule has 1 aliphatic rings. The van der Waals surface area contributed by atoms with Crippen LogP contribution in [-0.2, 0) is 4.79 Å². The lowest BCUT2D eigenvalue weighted by atomic mass is 10.0. The molecule has 1 aromatic carbocycles. The van der Waals surface area contributed by atoms with Crippen LogP contribution in [0, 0.1) is 12.8 Å². The fraction of sp³-hybridized carbons (Fsp3) is 0.556. The van der Waals surface area contributed by atoms with Crippen LogP contribution in [-0.4, -0.2) is 48.9 Å². The highest BCUT2D eigenvalue weighted by Gasteiger charge is 2.31. The van der Waals surface area contributed by atoms with Gasteiger partial charge in [0.25, 0.3) is 5.91 Å². The number of amides is 2. The topological polar surface area (TPSA) is 61.4 Å². The Bertz CT molecular complexity index is 565. The fourth-order valence-corrected chi connectivity index (χ4v) is 2.89. The number of nitrogens with zero attached hydrogens (tertiary/aromatic N) is 1. The van der Waals surface area contributed by atoms with Crippen molar-refractivity contribution in [1.82, 2.24) is 15.5 Å². The number of likely N-dealkylation sites (N-methyl/N-ethyl adjacent to an activating group) is 1. The fourth-order valence-electron chi connectivity index (χ4n) is 2.89. The van der Waals surface area contributed by atoms with E-state index in [9.17, 15) is 9.59 Å². The lowest BCUT2D eigenvalue weighted by Gasteiger charge is -2.30. The van der Waals surface area contributed by atoms with Crippen LogP contribution >= 0.6 is 0 Å². The maximum absolute atomic E-state index is 12.8. The zero-order chi connectivity index (χ0) is 17.0. The highest BCUT2D eigenvalue weighted by molar-refractivity contribution is 5.97. The van der Waals surface area contributed by atoms with Crippen molar-refractivity contribution >= 4 is 11.8 Å². The van der Waals surface area contributed by atoms with Gasteiger partial charge in [-0.2, -0.15) is 0 Å². The first-order valence-electron chi connectivity index (χ1n) is 8.25. The second kappa shape index (κ2) is 7.59. The molecule has 1 aromatic rings. The molecule has 2 amide bonds. The van der Waals surface area contributed by atoms with Gasteiger partial charge in [-0.3, -0.25) is 9.59 Å². The van der Waals surface area contributed by atoms with Gasteiger partial charge in [0, 0.05) is 25.2 Å². The first kappa shape index (κ1) is 17.5. The highest BCUT2D eigenvalue weighted by Crippen LogP contribution is 2.13. The van der Waals surface area contributed by atoms with E-state index < -0.39 is 6.04 Å². The third-order valence-electron chi connectivity index (χ3n) is 4.43. The molecule has 1 fully saturated rings. The summed E-state index contributed by atoms with van der Waals surface area (Å²) in [7, 11) is 1.83. The molecule has 0 saturated carbocycles. The summed E-state index contributed by atoms with van der Waals surface area (Å²) in [5.74, 6) is -0.179. The Morgan fingerprint density at radius 3 is 2.65 bits per heavy atom. The van der Waals surface area contributed by atoms with Gasteiger partial charge in [0.05, 0.1) is 0 Å². The van der Waals surface area contributed by atoms with Crippen LogP contribution in [0.2, 0.25) is 0 Å². The molecule has 2 atom stereocenters. The summed E-state index contributed by atoms with van der Waals surface area (Å²) in [6.07, 6.45) is 0.957. The second-order valence-electron chi connectivity index (χ2n) is 6.66. The number of rotatable bonds is 5. The van der Waals surface area contributed by atoms with Crippen LogP contribution in [0.4, 0.5) is 0 Å². The Balaban J connectivity index is 2.08. The molecule has 0 aromatic heterocycles. The minimum atomic E-state index is -0.506. The maximum atomic E-state index is 12.8. The number of carbonyl (C=O) groups excluding carboxylic acids is 2. The summed E-state index contributed by atoms with van der Waals surface area (Å²) in [5.41, 5.74) is 1.62. The minimum Gasteiger partial charge on any atom is -0.340 e. The van der Waals surface area contributed by atoms with Crippen molar-refractivity contribution < 1.29 is 9.59 Å². The van der Waals surface area contributed by atoms with Gasteiger partial charge in [0.1, 0.15) is 6.04 Å². The van der Waals surface area contributed by atoms with E-state index in [2.05, 4.69) is 10.6 Å². The predicted molar refractivity (Wildman–Crippen MR) is 91.3 cm³/mol. The summed E-state index contributed by atoms with van der Waals surface area (Å²) in [6, 6.07) is 7.11. The van der Waals surface area contributed by atoms with Crippen LogP contribution in [0.3, 0.4) is 0 Å². The van der Waals surface area contributed by atoms with Crippen LogP contribution in [0.15, 0.2) is 24.3 Å². The molecule has 0 aliphatic carbocycles. The van der Waals surface area contributed by atoms with Gasteiger partial charge >= 0.3 is 0 Å². The van der Waals surface area contributed by atoms with Crippen molar-refractivity contribution in [3.05, 3.63) is 35.4 Å². The Kier molecular flexibility index (Phi) is 5.77. The quantitative estimate of drug-likeness (QED) is 0.866. The van der Waals surface area contributed by atoms with Gasteiger partial charge in [0.2, 0.25) is 5.91 Å². The molecule has 2 rings (SSSR count). The molecule has 23 heavy (non-hydrogen) atoms. The Hall–Kier alpha value is -1.88. The third-order valence-corrected chi connectivity index (χ3v) is 4.43. The van der Waals surface area contributed by atoms with Crippen LogP contribution in [0.25, 0.3) is 0 Å².